The molecule has 1 radical (unpaired) electrons. The third-order valence-electron chi connectivity index (χ3n) is 7.29. The molecular weight excluding hydrogens is 564 g/mol. The average molecular weight is 596 g/mol. The molecule has 0 unspecified atom stereocenters. The quantitative estimate of drug-likeness (QED) is 0.295. The van der Waals surface area contributed by atoms with Crippen LogP contribution in [0.5, 0.6) is 0 Å². The molecule has 0 spiro atoms. The number of likely N-dealkylation sites (N-methyl/N-ethyl adjacent to an activating group) is 1. The first-order valence-corrected chi connectivity index (χ1v) is 14.0. The number of aliphatic hydroxyl groups excluding tert-OH is 1. The zero-order chi connectivity index (χ0) is 31.2. The summed E-state index contributed by atoms with van der Waals surface area (Å²) in [5.41, 5.74) is 3.68. The molecule has 5 nitrogen and oxygen atoms in total. The molecule has 2 aliphatic rings. The molecule has 225 valence electrons. The monoisotopic (exact) mass is 596 g/mol. The second-order valence-corrected chi connectivity index (χ2v) is 10.5. The first-order chi connectivity index (χ1) is 20.4. The summed E-state index contributed by atoms with van der Waals surface area (Å²) in [5, 5.41) is 13.4. The number of carbonyl (C=O) groups is 1. The van der Waals surface area contributed by atoms with E-state index in [9.17, 15) is 26.7 Å². The van der Waals surface area contributed by atoms with E-state index >= 15 is 0 Å². The molecule has 0 atom stereocenters. The van der Waals surface area contributed by atoms with E-state index in [-0.39, 0.29) is 30.8 Å². The smallest absolute Gasteiger partial charge is 0.395 e. The van der Waals surface area contributed by atoms with Gasteiger partial charge in [-0.2, -0.15) is 13.2 Å². The fraction of sp³-hybridized carbons (Fsp3) is 0.344. The number of hydrogen-bond donors (Lipinski definition) is 2. The third-order valence-corrected chi connectivity index (χ3v) is 7.29. The molecule has 0 saturated carbocycles. The van der Waals surface area contributed by atoms with Crippen LogP contribution >= 0.6 is 0 Å². The number of fused-ring (bicyclic) bond motifs is 1. The molecule has 1 saturated heterocycles. The molecule has 2 aromatic rings. The second kappa shape index (κ2) is 13.7. The summed E-state index contributed by atoms with van der Waals surface area (Å²) in [7, 11) is 3.35. The molecule has 2 aromatic carbocycles. The Morgan fingerprint density at radius 1 is 1.07 bits per heavy atom. The van der Waals surface area contributed by atoms with Crippen LogP contribution in [0.1, 0.15) is 42.0 Å². The lowest BCUT2D eigenvalue weighted by Gasteiger charge is -2.19. The van der Waals surface area contributed by atoms with Crippen molar-refractivity contribution in [3.05, 3.63) is 92.3 Å². The summed E-state index contributed by atoms with van der Waals surface area (Å²) in [6.07, 6.45) is 2.17. The predicted octanol–water partition coefficient (Wildman–Crippen LogP) is 4.59. The highest BCUT2D eigenvalue weighted by atomic mass is 19.4. The topological polar surface area (TPSA) is 64.9 Å². The lowest BCUT2D eigenvalue weighted by Crippen LogP contribution is -2.26. The number of halogens is 5. The highest BCUT2D eigenvalue weighted by molar-refractivity contribution is 6.88. The lowest BCUT2D eigenvalue weighted by molar-refractivity contribution is -0.138. The van der Waals surface area contributed by atoms with Crippen molar-refractivity contribution in [1.82, 2.24) is 10.2 Å². The van der Waals surface area contributed by atoms with Gasteiger partial charge in [-0.15, -0.1) is 5.73 Å². The Morgan fingerprint density at radius 3 is 2.58 bits per heavy atom. The molecule has 1 aliphatic heterocycles. The van der Waals surface area contributed by atoms with Crippen LogP contribution in [0, 0.1) is 0 Å². The zero-order valence-corrected chi connectivity index (χ0v) is 23.9. The Labute approximate surface area is 247 Å². The maximum Gasteiger partial charge on any atom is 0.416 e. The van der Waals surface area contributed by atoms with E-state index in [4.69, 9.17) is 5.11 Å². The summed E-state index contributed by atoms with van der Waals surface area (Å²) in [4.78, 5) is 18.5. The van der Waals surface area contributed by atoms with E-state index in [1.54, 1.807) is 6.08 Å². The van der Waals surface area contributed by atoms with E-state index in [0.29, 0.717) is 37.0 Å². The molecule has 1 fully saturated rings. The van der Waals surface area contributed by atoms with Gasteiger partial charge in [0.1, 0.15) is 5.84 Å². The number of nitrogens with one attached hydrogen (secondary N) is 1. The second-order valence-electron chi connectivity index (χ2n) is 10.5. The Balaban J connectivity index is 1.53. The number of aliphatic imine (C=N–C) groups is 1. The van der Waals surface area contributed by atoms with Gasteiger partial charge in [0.2, 0.25) is 0 Å². The number of carbonyl (C=O) groups excluding carboxylic acids is 1. The van der Waals surface area contributed by atoms with Crippen LogP contribution in [-0.4, -0.2) is 62.2 Å². The molecule has 43 heavy (non-hydrogen) atoms. The van der Waals surface area contributed by atoms with E-state index in [0.717, 1.165) is 33.7 Å². The zero-order valence-electron chi connectivity index (χ0n) is 23.9. The van der Waals surface area contributed by atoms with Crippen LogP contribution in [0.2, 0.25) is 0 Å². The van der Waals surface area contributed by atoms with Gasteiger partial charge in [-0.05, 0) is 71.6 Å². The minimum atomic E-state index is -4.75. The first kappa shape index (κ1) is 32.1. The number of hydrogen-bond acceptors (Lipinski definition) is 4. The molecule has 0 aromatic heterocycles. The van der Waals surface area contributed by atoms with Gasteiger partial charge in [0.05, 0.1) is 18.7 Å². The van der Waals surface area contributed by atoms with Crippen molar-refractivity contribution in [1.29, 1.82) is 0 Å². The van der Waals surface area contributed by atoms with Crippen LogP contribution in [0.25, 0.3) is 17.9 Å². The van der Waals surface area contributed by atoms with Crippen LogP contribution in [-0.2, 0) is 18.5 Å². The molecule has 1 heterocycles. The summed E-state index contributed by atoms with van der Waals surface area (Å²) in [6, 6.07) is 8.45. The number of aliphatic hydroxyl groups is 1. The Morgan fingerprint density at radius 2 is 1.86 bits per heavy atom. The molecule has 1 aliphatic carbocycles. The summed E-state index contributed by atoms with van der Waals surface area (Å²) in [6.45, 7) is 2.88. The highest BCUT2D eigenvalue weighted by Gasteiger charge is 2.37. The van der Waals surface area contributed by atoms with Gasteiger partial charge in [0.15, 0.2) is 5.81 Å². The number of amidine groups is 1. The summed E-state index contributed by atoms with van der Waals surface area (Å²) in [5.74, 6) is -3.12. The van der Waals surface area contributed by atoms with E-state index in [1.165, 1.54) is 14.2 Å². The fourth-order valence-corrected chi connectivity index (χ4v) is 4.75. The largest absolute Gasteiger partial charge is 0.416 e. The molecule has 4 rings (SSSR count). The lowest BCUT2D eigenvalue weighted by atomic mass is 9.71. The van der Waals surface area contributed by atoms with Crippen LogP contribution in [0.4, 0.5) is 26.7 Å². The van der Waals surface area contributed by atoms with Crippen LogP contribution < -0.4 is 15.8 Å². The number of aryl methyl sites for hydroxylation is 1. The molecular formula is C32H32BF5N3O2. The van der Waals surface area contributed by atoms with Gasteiger partial charge in [0, 0.05) is 30.3 Å². The molecule has 0 bridgehead atoms. The van der Waals surface area contributed by atoms with Gasteiger partial charge in [-0.25, -0.2) is 8.78 Å². The van der Waals surface area contributed by atoms with Gasteiger partial charge in [0.25, 0.3) is 13.2 Å². The first-order valence-electron chi connectivity index (χ1n) is 14.0. The van der Waals surface area contributed by atoms with Crippen molar-refractivity contribution in [3.8, 4) is 0 Å². The number of allylic oxidation sites excluding steroid dienone is 3. The Kier molecular flexibility index (Phi) is 10.2. The molecule has 2 N–H and O–H groups in total. The van der Waals surface area contributed by atoms with Crippen LogP contribution in [0.3, 0.4) is 0 Å². The number of nitrogens with zero attached hydrogens (tertiary/aromatic N) is 2. The highest BCUT2D eigenvalue weighted by Crippen LogP contribution is 2.38. The van der Waals surface area contributed by atoms with Crippen molar-refractivity contribution >= 4 is 36.8 Å². The van der Waals surface area contributed by atoms with Gasteiger partial charge in [-0.1, -0.05) is 43.4 Å². The van der Waals surface area contributed by atoms with Gasteiger partial charge < -0.3 is 15.3 Å². The van der Waals surface area contributed by atoms with Gasteiger partial charge in [-0.3, -0.25) is 9.79 Å². The average Bonchev–Trinajstić information content (AvgIpc) is 3.17. The van der Waals surface area contributed by atoms with Crippen molar-refractivity contribution < 1.29 is 31.9 Å². The van der Waals surface area contributed by atoms with E-state index < -0.39 is 29.6 Å². The molecule has 11 heteroatoms. The normalized spacial score (nSPS) is 16.9. The number of benzene rings is 2. The third kappa shape index (κ3) is 8.41. The minimum Gasteiger partial charge on any atom is -0.395 e. The summed E-state index contributed by atoms with van der Waals surface area (Å²) >= 11 is 0. The van der Waals surface area contributed by atoms with Crippen molar-refractivity contribution in [2.24, 2.45) is 4.99 Å². The Hall–Kier alpha value is -3.79. The maximum atomic E-state index is 14.1. The number of rotatable bonds is 11. The summed E-state index contributed by atoms with van der Waals surface area (Å²) < 4.78 is 69.4. The van der Waals surface area contributed by atoms with E-state index in [1.807, 2.05) is 48.4 Å². The minimum absolute atomic E-state index is 0.0210. The SMILES string of the molecule is CCC(F)(F)c1ccc(CCC2=CC=c3cc(/C=C4\[B]C(=O)NC4=NCCN(C)CCO)ccc3=C=C2)c(C(F)(F)F)c1. The van der Waals surface area contributed by atoms with Crippen LogP contribution in [0.15, 0.2) is 64.6 Å². The number of amides is 1. The van der Waals surface area contributed by atoms with Gasteiger partial charge >= 0.3 is 6.18 Å². The molecule has 1 amide bonds. The van der Waals surface area contributed by atoms with E-state index in [2.05, 4.69) is 16.0 Å². The van der Waals surface area contributed by atoms with Crippen molar-refractivity contribution in [2.45, 2.75) is 38.3 Å². The van der Waals surface area contributed by atoms with Crippen molar-refractivity contribution in [2.75, 3.05) is 33.3 Å². The standard InChI is InChI=1S/C32H32BF5N3O2/c1-3-31(34,35)26-13-12-24(27(20-26)32(36,37)38)10-5-21-4-8-23-9-7-22(18-25(23)11-6-21)19-28-29(40-30(43)33-28)39-14-15-41(2)16-17-42/h4,6-7,9,11-13,18-20,42H,3,5,10,14-17H2,1-2H3,(H,39,40,43)/b28-19-. The van der Waals surface area contributed by atoms with Crippen molar-refractivity contribution in [3.63, 3.8) is 0 Å². The maximum absolute atomic E-state index is 14.1. The Bertz CT molecular complexity index is 1620. The number of alkyl halides is 5. The fourth-order valence-electron chi connectivity index (χ4n) is 4.75. The predicted molar refractivity (Wildman–Crippen MR) is 159 cm³/mol.